The van der Waals surface area contributed by atoms with Crippen molar-refractivity contribution in [3.8, 4) is 11.5 Å². The molecule has 1 N–H and O–H groups in total. The highest BCUT2D eigenvalue weighted by Crippen LogP contribution is 2.25. The van der Waals surface area contributed by atoms with E-state index >= 15 is 0 Å². The second kappa shape index (κ2) is 7.31. The minimum atomic E-state index is 0.0491. The normalized spacial score (nSPS) is 18.4. The number of methoxy groups -OCH3 is 2. The maximum absolute atomic E-state index is 12.7. The number of nitrogens with zero attached hydrogens (tertiary/aromatic N) is 1. The SMILES string of the molecule is CNCC1CCCN(C(=O)c2cc(OC)cc(OC)c2)C1. The van der Waals surface area contributed by atoms with Crippen molar-refractivity contribution in [1.29, 1.82) is 0 Å². The zero-order chi connectivity index (χ0) is 15.2. The molecule has 1 amide bonds. The van der Waals surface area contributed by atoms with Crippen molar-refractivity contribution in [3.63, 3.8) is 0 Å². The number of benzene rings is 1. The lowest BCUT2D eigenvalue weighted by Crippen LogP contribution is -2.42. The number of hydrogen-bond donors (Lipinski definition) is 1. The molecule has 1 fully saturated rings. The average molecular weight is 292 g/mol. The molecule has 0 aromatic heterocycles. The summed E-state index contributed by atoms with van der Waals surface area (Å²) in [4.78, 5) is 14.6. The smallest absolute Gasteiger partial charge is 0.254 e. The van der Waals surface area contributed by atoms with E-state index in [0.717, 1.165) is 26.1 Å². The average Bonchev–Trinajstić information content (AvgIpc) is 2.54. The minimum absolute atomic E-state index is 0.0491. The first kappa shape index (κ1) is 15.6. The monoisotopic (exact) mass is 292 g/mol. The quantitative estimate of drug-likeness (QED) is 0.899. The van der Waals surface area contributed by atoms with Crippen molar-refractivity contribution in [2.24, 2.45) is 5.92 Å². The molecule has 0 spiro atoms. The number of piperidine rings is 1. The van der Waals surface area contributed by atoms with Crippen molar-refractivity contribution in [1.82, 2.24) is 10.2 Å². The van der Waals surface area contributed by atoms with Crippen molar-refractivity contribution in [3.05, 3.63) is 23.8 Å². The lowest BCUT2D eigenvalue weighted by Gasteiger charge is -2.33. The van der Waals surface area contributed by atoms with Gasteiger partial charge in [0.05, 0.1) is 14.2 Å². The molecule has 0 aliphatic carbocycles. The van der Waals surface area contributed by atoms with E-state index in [4.69, 9.17) is 9.47 Å². The molecule has 1 heterocycles. The van der Waals surface area contributed by atoms with Crippen LogP contribution in [0.3, 0.4) is 0 Å². The zero-order valence-corrected chi connectivity index (χ0v) is 13.0. The number of hydrogen-bond acceptors (Lipinski definition) is 4. The van der Waals surface area contributed by atoms with Gasteiger partial charge in [0.2, 0.25) is 0 Å². The van der Waals surface area contributed by atoms with Crippen LogP contribution in [0.4, 0.5) is 0 Å². The van der Waals surface area contributed by atoms with E-state index in [1.165, 1.54) is 6.42 Å². The van der Waals surface area contributed by atoms with Crippen LogP contribution < -0.4 is 14.8 Å². The number of likely N-dealkylation sites (tertiary alicyclic amines) is 1. The lowest BCUT2D eigenvalue weighted by molar-refractivity contribution is 0.0673. The summed E-state index contributed by atoms with van der Waals surface area (Å²) in [6, 6.07) is 5.32. The number of carbonyl (C=O) groups is 1. The van der Waals surface area contributed by atoms with Gasteiger partial charge in [-0.1, -0.05) is 0 Å². The van der Waals surface area contributed by atoms with Gasteiger partial charge in [0.25, 0.3) is 5.91 Å². The van der Waals surface area contributed by atoms with Gasteiger partial charge < -0.3 is 19.7 Å². The topological polar surface area (TPSA) is 50.8 Å². The summed E-state index contributed by atoms with van der Waals surface area (Å²) in [5, 5.41) is 3.20. The highest BCUT2D eigenvalue weighted by Gasteiger charge is 2.24. The van der Waals surface area contributed by atoms with Crippen LogP contribution in [0, 0.1) is 5.92 Å². The Labute approximate surface area is 126 Å². The summed E-state index contributed by atoms with van der Waals surface area (Å²) in [5.74, 6) is 1.86. The Kier molecular flexibility index (Phi) is 5.44. The third-order valence-electron chi connectivity index (χ3n) is 3.90. The minimum Gasteiger partial charge on any atom is -0.497 e. The fraction of sp³-hybridized carbons (Fsp3) is 0.562. The van der Waals surface area contributed by atoms with Gasteiger partial charge in [-0.3, -0.25) is 4.79 Å². The fourth-order valence-electron chi connectivity index (χ4n) is 2.82. The number of rotatable bonds is 5. The van der Waals surface area contributed by atoms with Gasteiger partial charge in [-0.2, -0.15) is 0 Å². The van der Waals surface area contributed by atoms with E-state index in [1.807, 2.05) is 11.9 Å². The van der Waals surface area contributed by atoms with Crippen LogP contribution in [-0.2, 0) is 0 Å². The maximum Gasteiger partial charge on any atom is 0.254 e. The molecule has 1 atom stereocenters. The van der Waals surface area contributed by atoms with Crippen molar-refractivity contribution in [2.45, 2.75) is 12.8 Å². The summed E-state index contributed by atoms with van der Waals surface area (Å²) in [5.41, 5.74) is 0.622. The standard InChI is InChI=1S/C16H24N2O3/c1-17-10-12-5-4-6-18(11-12)16(19)13-7-14(20-2)9-15(8-13)21-3/h7-9,12,17H,4-6,10-11H2,1-3H3. The molecule has 5 heteroatoms. The van der Waals surface area contributed by atoms with E-state index < -0.39 is 0 Å². The number of ether oxygens (including phenoxy) is 2. The highest BCUT2D eigenvalue weighted by molar-refractivity contribution is 5.95. The molecule has 1 aliphatic heterocycles. The lowest BCUT2D eigenvalue weighted by atomic mass is 9.97. The van der Waals surface area contributed by atoms with Gasteiger partial charge in [-0.15, -0.1) is 0 Å². The van der Waals surface area contributed by atoms with Crippen LogP contribution in [0.25, 0.3) is 0 Å². The fourth-order valence-corrected chi connectivity index (χ4v) is 2.82. The molecule has 5 nitrogen and oxygen atoms in total. The summed E-state index contributed by atoms with van der Waals surface area (Å²) in [6.45, 7) is 2.57. The Hall–Kier alpha value is -1.75. The molecule has 1 aliphatic rings. The molecule has 116 valence electrons. The van der Waals surface area contributed by atoms with E-state index in [9.17, 15) is 4.79 Å². The maximum atomic E-state index is 12.7. The van der Waals surface area contributed by atoms with Crippen molar-refractivity contribution in [2.75, 3.05) is 40.9 Å². The Morgan fingerprint density at radius 1 is 1.29 bits per heavy atom. The molecular weight excluding hydrogens is 268 g/mol. The summed E-state index contributed by atoms with van der Waals surface area (Å²) < 4.78 is 10.5. The van der Waals surface area contributed by atoms with Gasteiger partial charge in [0, 0.05) is 24.7 Å². The van der Waals surface area contributed by atoms with Gasteiger partial charge in [0.1, 0.15) is 11.5 Å². The molecule has 1 unspecified atom stereocenters. The number of amides is 1. The van der Waals surface area contributed by atoms with Gasteiger partial charge in [-0.25, -0.2) is 0 Å². The summed E-state index contributed by atoms with van der Waals surface area (Å²) >= 11 is 0. The molecule has 1 aromatic carbocycles. The second-order valence-corrected chi connectivity index (χ2v) is 5.42. The van der Waals surface area contributed by atoms with E-state index in [-0.39, 0.29) is 5.91 Å². The Bertz CT molecular complexity index is 466. The van der Waals surface area contributed by atoms with Crippen LogP contribution >= 0.6 is 0 Å². The largest absolute Gasteiger partial charge is 0.497 e. The molecule has 1 aromatic rings. The van der Waals surface area contributed by atoms with E-state index in [1.54, 1.807) is 32.4 Å². The first-order valence-electron chi connectivity index (χ1n) is 7.35. The van der Waals surface area contributed by atoms with Gasteiger partial charge in [-0.05, 0) is 44.5 Å². The number of nitrogens with one attached hydrogen (secondary N) is 1. The summed E-state index contributed by atoms with van der Waals surface area (Å²) in [6.07, 6.45) is 2.23. The molecule has 21 heavy (non-hydrogen) atoms. The molecule has 0 saturated carbocycles. The Morgan fingerprint density at radius 2 is 1.95 bits per heavy atom. The first-order valence-corrected chi connectivity index (χ1v) is 7.35. The van der Waals surface area contributed by atoms with Crippen molar-refractivity contribution < 1.29 is 14.3 Å². The molecule has 1 saturated heterocycles. The third kappa shape index (κ3) is 3.88. The Balaban J connectivity index is 2.15. The van der Waals surface area contributed by atoms with Crippen LogP contribution in [0.2, 0.25) is 0 Å². The molecular formula is C16H24N2O3. The highest BCUT2D eigenvalue weighted by atomic mass is 16.5. The van der Waals surface area contributed by atoms with Crippen LogP contribution in [-0.4, -0.2) is 51.7 Å². The first-order chi connectivity index (χ1) is 10.2. The molecule has 2 rings (SSSR count). The predicted octanol–water partition coefficient (Wildman–Crippen LogP) is 1.78. The van der Waals surface area contributed by atoms with Crippen LogP contribution in [0.5, 0.6) is 11.5 Å². The van der Waals surface area contributed by atoms with E-state index in [0.29, 0.717) is 23.0 Å². The van der Waals surface area contributed by atoms with Crippen molar-refractivity contribution >= 4 is 5.91 Å². The van der Waals surface area contributed by atoms with Crippen LogP contribution in [0.1, 0.15) is 23.2 Å². The van der Waals surface area contributed by atoms with Gasteiger partial charge >= 0.3 is 0 Å². The molecule has 0 bridgehead atoms. The van der Waals surface area contributed by atoms with Crippen LogP contribution in [0.15, 0.2) is 18.2 Å². The molecule has 0 radical (unpaired) electrons. The number of carbonyl (C=O) groups excluding carboxylic acids is 1. The van der Waals surface area contributed by atoms with E-state index in [2.05, 4.69) is 5.32 Å². The summed E-state index contributed by atoms with van der Waals surface area (Å²) in [7, 11) is 5.13. The second-order valence-electron chi connectivity index (χ2n) is 5.42. The van der Waals surface area contributed by atoms with Gasteiger partial charge in [0.15, 0.2) is 0 Å². The third-order valence-corrected chi connectivity index (χ3v) is 3.90. The zero-order valence-electron chi connectivity index (χ0n) is 13.0. The predicted molar refractivity (Wildman–Crippen MR) is 82.1 cm³/mol. The Morgan fingerprint density at radius 3 is 2.52 bits per heavy atom.